The Morgan fingerprint density at radius 3 is 2.64 bits per heavy atom. The van der Waals surface area contributed by atoms with Gasteiger partial charge < -0.3 is 19.7 Å². The molecule has 0 spiro atoms. The van der Waals surface area contributed by atoms with Gasteiger partial charge in [0.05, 0.1) is 19.6 Å². The van der Waals surface area contributed by atoms with Gasteiger partial charge in [0, 0.05) is 18.7 Å². The van der Waals surface area contributed by atoms with Crippen molar-refractivity contribution < 1.29 is 23.9 Å². The van der Waals surface area contributed by atoms with Crippen molar-refractivity contribution in [1.29, 1.82) is 0 Å². The first kappa shape index (κ1) is 21.6. The highest BCUT2D eigenvalue weighted by Crippen LogP contribution is 2.14. The molecule has 0 saturated carbocycles. The highest BCUT2D eigenvalue weighted by Gasteiger charge is 2.34. The van der Waals surface area contributed by atoms with E-state index in [1.54, 1.807) is 36.1 Å². The number of benzene rings is 1. The Labute approximate surface area is 169 Å². The van der Waals surface area contributed by atoms with Gasteiger partial charge in [-0.25, -0.2) is 0 Å². The zero-order chi connectivity index (χ0) is 20.5. The molecule has 0 radical (unpaired) electrons. The summed E-state index contributed by atoms with van der Waals surface area (Å²) in [5.41, 5.74) is 0.412. The zero-order valence-electron chi connectivity index (χ0n) is 16.0. The van der Waals surface area contributed by atoms with E-state index in [0.29, 0.717) is 31.0 Å². The highest BCUT2D eigenvalue weighted by molar-refractivity contribution is 7.80. The van der Waals surface area contributed by atoms with E-state index in [0.717, 1.165) is 6.42 Å². The number of thiocarbonyl (C=S) groups is 1. The molecule has 1 heterocycles. The van der Waals surface area contributed by atoms with Crippen molar-refractivity contribution >= 4 is 35.1 Å². The van der Waals surface area contributed by atoms with Gasteiger partial charge in [0.25, 0.3) is 5.91 Å². The molecule has 1 atom stereocenters. The maximum atomic E-state index is 12.5. The van der Waals surface area contributed by atoms with Crippen molar-refractivity contribution in [2.45, 2.75) is 32.7 Å². The molecular formula is C19H25N3O5S. The van der Waals surface area contributed by atoms with E-state index in [2.05, 4.69) is 10.6 Å². The first-order valence-electron chi connectivity index (χ1n) is 9.24. The van der Waals surface area contributed by atoms with Gasteiger partial charge >= 0.3 is 5.97 Å². The molecule has 9 heteroatoms. The van der Waals surface area contributed by atoms with Crippen LogP contribution in [0.4, 0.5) is 0 Å². The maximum Gasteiger partial charge on any atom is 0.308 e. The first-order valence-corrected chi connectivity index (χ1v) is 9.65. The van der Waals surface area contributed by atoms with Crippen LogP contribution in [0.15, 0.2) is 24.3 Å². The Morgan fingerprint density at radius 2 is 2.00 bits per heavy atom. The maximum absolute atomic E-state index is 12.5. The van der Waals surface area contributed by atoms with Gasteiger partial charge in [-0.2, -0.15) is 0 Å². The fourth-order valence-electron chi connectivity index (χ4n) is 2.70. The van der Waals surface area contributed by atoms with Gasteiger partial charge in [-0.15, -0.1) is 0 Å². The lowest BCUT2D eigenvalue weighted by Gasteiger charge is -2.36. The fourth-order valence-corrected chi connectivity index (χ4v) is 3.01. The minimum atomic E-state index is -0.814. The van der Waals surface area contributed by atoms with Gasteiger partial charge in [-0.05, 0) is 49.8 Å². The minimum Gasteiger partial charge on any atom is -0.494 e. The summed E-state index contributed by atoms with van der Waals surface area (Å²) < 4.78 is 10.4. The van der Waals surface area contributed by atoms with Crippen LogP contribution in [0.3, 0.4) is 0 Å². The Kier molecular flexibility index (Phi) is 8.19. The van der Waals surface area contributed by atoms with Crippen LogP contribution in [0.1, 0.15) is 37.0 Å². The molecule has 1 aliphatic rings. The Hall–Kier alpha value is -2.68. The zero-order valence-corrected chi connectivity index (χ0v) is 16.8. The molecule has 0 aliphatic carbocycles. The SMILES string of the molecule is CCCOc1ccc(C(=O)NC(=S)N2CCNC(=O)[C@@H]2CC(=O)OCC)cc1. The molecular weight excluding hydrogens is 382 g/mol. The van der Waals surface area contributed by atoms with Gasteiger partial charge in [0.15, 0.2) is 5.11 Å². The lowest BCUT2D eigenvalue weighted by molar-refractivity contribution is -0.147. The third-order valence-corrected chi connectivity index (χ3v) is 4.40. The summed E-state index contributed by atoms with van der Waals surface area (Å²) >= 11 is 5.32. The van der Waals surface area contributed by atoms with E-state index in [9.17, 15) is 14.4 Å². The Bertz CT molecular complexity index is 723. The first-order chi connectivity index (χ1) is 13.5. The normalized spacial score (nSPS) is 16.1. The Balaban J connectivity index is 2.01. The predicted octanol–water partition coefficient (Wildman–Crippen LogP) is 1.24. The second-order valence-electron chi connectivity index (χ2n) is 6.14. The number of hydrogen-bond acceptors (Lipinski definition) is 6. The minimum absolute atomic E-state index is 0.0976. The van der Waals surface area contributed by atoms with Crippen molar-refractivity contribution in [3.8, 4) is 5.75 Å². The van der Waals surface area contributed by atoms with Crippen LogP contribution >= 0.6 is 12.2 Å². The lowest BCUT2D eigenvalue weighted by atomic mass is 10.1. The van der Waals surface area contributed by atoms with Crippen LogP contribution < -0.4 is 15.4 Å². The molecule has 1 aliphatic heterocycles. The number of piperazine rings is 1. The largest absolute Gasteiger partial charge is 0.494 e. The van der Waals surface area contributed by atoms with Crippen LogP contribution in [0.2, 0.25) is 0 Å². The molecule has 2 N–H and O–H groups in total. The van der Waals surface area contributed by atoms with Crippen LogP contribution in [0.25, 0.3) is 0 Å². The number of esters is 1. The van der Waals surface area contributed by atoms with Gasteiger partial charge in [-0.3, -0.25) is 19.7 Å². The van der Waals surface area contributed by atoms with Crippen LogP contribution in [-0.4, -0.2) is 60.1 Å². The van der Waals surface area contributed by atoms with Crippen molar-refractivity contribution in [3.63, 3.8) is 0 Å². The molecule has 2 rings (SSSR count). The molecule has 1 aromatic rings. The third kappa shape index (κ3) is 5.91. The van der Waals surface area contributed by atoms with E-state index in [4.69, 9.17) is 21.7 Å². The molecule has 152 valence electrons. The summed E-state index contributed by atoms with van der Waals surface area (Å²) in [6, 6.07) is 5.89. The number of amides is 2. The predicted molar refractivity (Wildman–Crippen MR) is 107 cm³/mol. The van der Waals surface area contributed by atoms with Crippen LogP contribution in [-0.2, 0) is 14.3 Å². The van der Waals surface area contributed by atoms with Crippen molar-refractivity contribution in [1.82, 2.24) is 15.5 Å². The van der Waals surface area contributed by atoms with E-state index in [1.807, 2.05) is 6.92 Å². The molecule has 28 heavy (non-hydrogen) atoms. The summed E-state index contributed by atoms with van der Waals surface area (Å²) in [6.07, 6.45) is 0.756. The second kappa shape index (κ2) is 10.6. The highest BCUT2D eigenvalue weighted by atomic mass is 32.1. The monoisotopic (exact) mass is 407 g/mol. The van der Waals surface area contributed by atoms with E-state index in [-0.39, 0.29) is 24.0 Å². The van der Waals surface area contributed by atoms with E-state index < -0.39 is 17.9 Å². The molecule has 0 unspecified atom stereocenters. The number of carbonyl (C=O) groups is 3. The van der Waals surface area contributed by atoms with Crippen LogP contribution in [0, 0.1) is 0 Å². The third-order valence-electron chi connectivity index (χ3n) is 4.07. The molecule has 1 fully saturated rings. The summed E-state index contributed by atoms with van der Waals surface area (Å²) in [4.78, 5) is 38.0. The molecule has 1 saturated heterocycles. The van der Waals surface area contributed by atoms with E-state index >= 15 is 0 Å². The second-order valence-corrected chi connectivity index (χ2v) is 6.53. The van der Waals surface area contributed by atoms with Gasteiger partial charge in [0.2, 0.25) is 5.91 Å². The van der Waals surface area contributed by atoms with Crippen LogP contribution in [0.5, 0.6) is 5.75 Å². The molecule has 8 nitrogen and oxygen atoms in total. The summed E-state index contributed by atoms with van der Waals surface area (Å²) in [5.74, 6) is -0.532. The fraction of sp³-hybridized carbons (Fsp3) is 0.474. The van der Waals surface area contributed by atoms with Crippen molar-refractivity contribution in [3.05, 3.63) is 29.8 Å². The number of nitrogens with one attached hydrogen (secondary N) is 2. The average Bonchev–Trinajstić information content (AvgIpc) is 2.68. The molecule has 0 bridgehead atoms. The number of ether oxygens (including phenoxy) is 2. The van der Waals surface area contributed by atoms with Gasteiger partial charge in [-0.1, -0.05) is 6.92 Å². The average molecular weight is 407 g/mol. The van der Waals surface area contributed by atoms with Crippen molar-refractivity contribution in [2.24, 2.45) is 0 Å². The van der Waals surface area contributed by atoms with Gasteiger partial charge in [0.1, 0.15) is 11.8 Å². The molecule has 1 aromatic carbocycles. The molecule has 0 aromatic heterocycles. The summed E-state index contributed by atoms with van der Waals surface area (Å²) in [5, 5.41) is 5.43. The summed E-state index contributed by atoms with van der Waals surface area (Å²) in [7, 11) is 0. The number of carbonyl (C=O) groups excluding carboxylic acids is 3. The smallest absolute Gasteiger partial charge is 0.308 e. The number of nitrogens with zero attached hydrogens (tertiary/aromatic N) is 1. The number of rotatable bonds is 7. The van der Waals surface area contributed by atoms with Crippen molar-refractivity contribution in [2.75, 3.05) is 26.3 Å². The molecule has 2 amide bonds. The summed E-state index contributed by atoms with van der Waals surface area (Å²) in [6.45, 7) is 5.30. The van der Waals surface area contributed by atoms with E-state index in [1.165, 1.54) is 0 Å². The quantitative estimate of drug-likeness (QED) is 0.519. The number of hydrogen-bond donors (Lipinski definition) is 2. The standard InChI is InChI=1S/C19H25N3O5S/c1-3-11-27-14-7-5-13(6-8-14)17(24)21-19(28)22-10-9-20-18(25)15(22)12-16(23)26-4-2/h5-8,15H,3-4,9-12H2,1-2H3,(H,20,25)(H,21,24,28)/t15-/m0/s1. The Morgan fingerprint density at radius 1 is 1.29 bits per heavy atom. The lowest BCUT2D eigenvalue weighted by Crippen LogP contribution is -2.60. The topological polar surface area (TPSA) is 97.0 Å².